The Kier molecular flexibility index (Phi) is 6.14. The van der Waals surface area contributed by atoms with Crippen LogP contribution in [0.2, 0.25) is 0 Å². The van der Waals surface area contributed by atoms with E-state index >= 15 is 0 Å². The van der Waals surface area contributed by atoms with E-state index < -0.39 is 0 Å². The molecule has 1 aromatic carbocycles. The molecule has 4 nitrogen and oxygen atoms in total. The molecular formula is C23H29N3OS. The lowest BCUT2D eigenvalue weighted by atomic mass is 9.95. The van der Waals surface area contributed by atoms with Gasteiger partial charge in [0.05, 0.1) is 10.6 Å². The normalized spacial score (nSPS) is 11.8. The van der Waals surface area contributed by atoms with Crippen molar-refractivity contribution in [2.24, 2.45) is 0 Å². The van der Waals surface area contributed by atoms with Crippen molar-refractivity contribution in [3.8, 4) is 0 Å². The summed E-state index contributed by atoms with van der Waals surface area (Å²) in [5.41, 5.74) is 3.17. The first-order chi connectivity index (χ1) is 13.3. The van der Waals surface area contributed by atoms with Crippen LogP contribution in [-0.2, 0) is 11.8 Å². The van der Waals surface area contributed by atoms with Crippen molar-refractivity contribution >= 4 is 27.5 Å². The second-order valence-corrected chi connectivity index (χ2v) is 9.32. The van der Waals surface area contributed by atoms with Gasteiger partial charge in [-0.05, 0) is 44.2 Å². The highest BCUT2D eigenvalue weighted by Crippen LogP contribution is 2.33. The highest BCUT2D eigenvalue weighted by atomic mass is 32.1. The fraction of sp³-hybridized carbons (Fsp3) is 0.435. The molecule has 2 aromatic heterocycles. The number of rotatable bonds is 6. The van der Waals surface area contributed by atoms with Crippen molar-refractivity contribution in [3.05, 3.63) is 57.9 Å². The smallest absolute Gasteiger partial charge is 0.261 e. The van der Waals surface area contributed by atoms with Crippen LogP contribution in [0.1, 0.15) is 65.9 Å². The third kappa shape index (κ3) is 4.58. The van der Waals surface area contributed by atoms with Crippen LogP contribution < -0.4 is 5.32 Å². The van der Waals surface area contributed by atoms with Crippen molar-refractivity contribution in [3.63, 3.8) is 0 Å². The molecule has 0 aliphatic rings. The second kappa shape index (κ2) is 8.39. The minimum Gasteiger partial charge on any atom is -0.351 e. The molecule has 1 amide bonds. The summed E-state index contributed by atoms with van der Waals surface area (Å²) in [5, 5.41) is 4.10. The SMILES string of the molecule is Cc1nc(C(C)(C)C)nc2sc(C(=O)NCCCCc3ccccc3)c(C)c12. The summed E-state index contributed by atoms with van der Waals surface area (Å²) >= 11 is 1.47. The second-order valence-electron chi connectivity index (χ2n) is 8.32. The molecule has 0 spiro atoms. The van der Waals surface area contributed by atoms with Gasteiger partial charge in [0, 0.05) is 17.3 Å². The van der Waals surface area contributed by atoms with Gasteiger partial charge < -0.3 is 5.32 Å². The lowest BCUT2D eigenvalue weighted by molar-refractivity contribution is 0.0956. The maximum atomic E-state index is 12.7. The van der Waals surface area contributed by atoms with E-state index in [9.17, 15) is 4.79 Å². The van der Waals surface area contributed by atoms with Gasteiger partial charge in [0.15, 0.2) is 0 Å². The number of aryl methyl sites for hydroxylation is 3. The number of carbonyl (C=O) groups excluding carboxylic acids is 1. The largest absolute Gasteiger partial charge is 0.351 e. The maximum Gasteiger partial charge on any atom is 0.261 e. The lowest BCUT2D eigenvalue weighted by Gasteiger charge is -2.16. The summed E-state index contributed by atoms with van der Waals surface area (Å²) in [6, 6.07) is 10.5. The van der Waals surface area contributed by atoms with Gasteiger partial charge in [-0.25, -0.2) is 9.97 Å². The Hall–Kier alpha value is -2.27. The number of hydrogen-bond donors (Lipinski definition) is 1. The summed E-state index contributed by atoms with van der Waals surface area (Å²) in [6.45, 7) is 11.0. The Labute approximate surface area is 171 Å². The maximum absolute atomic E-state index is 12.7. The van der Waals surface area contributed by atoms with Crippen LogP contribution in [0.25, 0.3) is 10.2 Å². The highest BCUT2D eigenvalue weighted by molar-refractivity contribution is 7.20. The molecule has 1 N–H and O–H groups in total. The minimum absolute atomic E-state index is 0.00285. The standard InChI is InChI=1S/C23H29N3OS/c1-15-18-16(2)25-22(23(3,4)5)26-21(18)28-19(15)20(27)24-14-10-9-13-17-11-7-6-8-12-17/h6-8,11-12H,9-10,13-14H2,1-5H3,(H,24,27). The fourth-order valence-electron chi connectivity index (χ4n) is 3.27. The van der Waals surface area contributed by atoms with Crippen molar-refractivity contribution in [2.45, 2.75) is 59.3 Å². The minimum atomic E-state index is -0.113. The van der Waals surface area contributed by atoms with Crippen LogP contribution in [0.3, 0.4) is 0 Å². The van der Waals surface area contributed by atoms with E-state index in [1.807, 2.05) is 19.9 Å². The van der Waals surface area contributed by atoms with Gasteiger partial charge in [-0.1, -0.05) is 51.1 Å². The van der Waals surface area contributed by atoms with E-state index in [1.54, 1.807) is 0 Å². The predicted molar refractivity (Wildman–Crippen MR) is 117 cm³/mol. The van der Waals surface area contributed by atoms with E-state index in [4.69, 9.17) is 4.98 Å². The van der Waals surface area contributed by atoms with Crippen LogP contribution in [0.5, 0.6) is 0 Å². The highest BCUT2D eigenvalue weighted by Gasteiger charge is 2.23. The predicted octanol–water partition coefficient (Wildman–Crippen LogP) is 5.36. The van der Waals surface area contributed by atoms with Gasteiger partial charge in [-0.3, -0.25) is 4.79 Å². The zero-order valence-corrected chi connectivity index (χ0v) is 18.2. The van der Waals surface area contributed by atoms with Crippen molar-refractivity contribution in [1.82, 2.24) is 15.3 Å². The Morgan fingerprint density at radius 1 is 1.07 bits per heavy atom. The van der Waals surface area contributed by atoms with E-state index in [0.29, 0.717) is 6.54 Å². The average Bonchev–Trinajstić information content (AvgIpc) is 2.99. The summed E-state index contributed by atoms with van der Waals surface area (Å²) in [6.07, 6.45) is 3.08. The molecule has 5 heteroatoms. The van der Waals surface area contributed by atoms with Gasteiger partial charge in [-0.2, -0.15) is 0 Å². The number of carbonyl (C=O) groups is 1. The first-order valence-electron chi connectivity index (χ1n) is 9.87. The molecule has 0 fully saturated rings. The Bertz CT molecular complexity index is 971. The Morgan fingerprint density at radius 2 is 1.79 bits per heavy atom. The summed E-state index contributed by atoms with van der Waals surface area (Å²) in [4.78, 5) is 23.8. The number of nitrogens with zero attached hydrogens (tertiary/aromatic N) is 2. The first-order valence-corrected chi connectivity index (χ1v) is 10.7. The first kappa shape index (κ1) is 20.5. The lowest BCUT2D eigenvalue weighted by Crippen LogP contribution is -2.24. The topological polar surface area (TPSA) is 54.9 Å². The number of thiophene rings is 1. The fourth-order valence-corrected chi connectivity index (χ4v) is 4.42. The zero-order chi connectivity index (χ0) is 20.3. The van der Waals surface area contributed by atoms with Crippen LogP contribution in [0.4, 0.5) is 0 Å². The van der Waals surface area contributed by atoms with Crippen molar-refractivity contribution in [2.75, 3.05) is 6.54 Å². The summed E-state index contributed by atoms with van der Waals surface area (Å²) < 4.78 is 0. The molecule has 3 rings (SSSR count). The third-order valence-corrected chi connectivity index (χ3v) is 6.05. The number of fused-ring (bicyclic) bond motifs is 1. The summed E-state index contributed by atoms with van der Waals surface area (Å²) in [5.74, 6) is 0.823. The molecule has 0 radical (unpaired) electrons. The van der Waals surface area contributed by atoms with Gasteiger partial charge in [0.2, 0.25) is 0 Å². The molecule has 28 heavy (non-hydrogen) atoms. The van der Waals surface area contributed by atoms with Gasteiger partial charge in [0.1, 0.15) is 10.7 Å². The quantitative estimate of drug-likeness (QED) is 0.572. The zero-order valence-electron chi connectivity index (χ0n) is 17.4. The van der Waals surface area contributed by atoms with Crippen LogP contribution >= 0.6 is 11.3 Å². The number of nitrogens with one attached hydrogen (secondary N) is 1. The van der Waals surface area contributed by atoms with E-state index in [0.717, 1.165) is 51.4 Å². The molecule has 0 saturated carbocycles. The van der Waals surface area contributed by atoms with Gasteiger partial charge >= 0.3 is 0 Å². The number of aromatic nitrogens is 2. The summed E-state index contributed by atoms with van der Waals surface area (Å²) in [7, 11) is 0. The molecule has 0 aliphatic carbocycles. The Balaban J connectivity index is 1.65. The molecule has 148 valence electrons. The molecule has 0 unspecified atom stereocenters. The number of amides is 1. The number of hydrogen-bond acceptors (Lipinski definition) is 4. The van der Waals surface area contributed by atoms with Crippen molar-refractivity contribution < 1.29 is 4.79 Å². The molecule has 0 bridgehead atoms. The molecule has 2 heterocycles. The van der Waals surface area contributed by atoms with E-state index in [2.05, 4.69) is 55.3 Å². The van der Waals surface area contributed by atoms with Gasteiger partial charge in [0.25, 0.3) is 5.91 Å². The Morgan fingerprint density at radius 3 is 2.46 bits per heavy atom. The van der Waals surface area contributed by atoms with E-state index in [1.165, 1.54) is 16.9 Å². The number of benzene rings is 1. The van der Waals surface area contributed by atoms with Crippen molar-refractivity contribution in [1.29, 1.82) is 0 Å². The molecule has 0 saturated heterocycles. The van der Waals surface area contributed by atoms with Crippen LogP contribution in [0.15, 0.2) is 30.3 Å². The molecule has 0 atom stereocenters. The van der Waals surface area contributed by atoms with Crippen LogP contribution in [-0.4, -0.2) is 22.4 Å². The molecule has 0 aliphatic heterocycles. The molecular weight excluding hydrogens is 366 g/mol. The number of unbranched alkanes of at least 4 members (excludes halogenated alkanes) is 1. The van der Waals surface area contributed by atoms with Crippen LogP contribution in [0, 0.1) is 13.8 Å². The van der Waals surface area contributed by atoms with E-state index in [-0.39, 0.29) is 11.3 Å². The van der Waals surface area contributed by atoms with Gasteiger partial charge in [-0.15, -0.1) is 11.3 Å². The average molecular weight is 396 g/mol. The third-order valence-electron chi connectivity index (χ3n) is 4.87. The molecule has 3 aromatic rings. The monoisotopic (exact) mass is 395 g/mol.